The Morgan fingerprint density at radius 1 is 0.750 bits per heavy atom. The molecule has 2 unspecified atom stereocenters. The molecule has 0 amide bonds. The highest BCUT2D eigenvalue weighted by molar-refractivity contribution is 6.13. The molecule has 2 aliphatic heterocycles. The van der Waals surface area contributed by atoms with Gasteiger partial charge in [-0.15, -0.1) is 0 Å². The van der Waals surface area contributed by atoms with Gasteiger partial charge in [0.05, 0.1) is 48.8 Å². The maximum absolute atomic E-state index is 14.1. The first-order valence-corrected chi connectivity index (χ1v) is 15.0. The number of nitro groups is 1. The lowest BCUT2D eigenvalue weighted by Crippen LogP contribution is -2.46. The van der Waals surface area contributed by atoms with Crippen LogP contribution in [0, 0.1) is 10.1 Å². The predicted molar refractivity (Wildman–Crippen MR) is 178 cm³/mol. The highest BCUT2D eigenvalue weighted by Crippen LogP contribution is 2.63. The molecule has 238 valence electrons. The second-order valence-electron chi connectivity index (χ2n) is 11.4. The summed E-state index contributed by atoms with van der Waals surface area (Å²) in [6, 6.07) is 25.8. The van der Waals surface area contributed by atoms with Crippen molar-refractivity contribution in [3.63, 3.8) is 0 Å². The lowest BCUT2D eigenvalue weighted by molar-refractivity contribution is -0.384. The zero-order chi connectivity index (χ0) is 33.7. The van der Waals surface area contributed by atoms with Crippen molar-refractivity contribution in [1.29, 1.82) is 0 Å². The number of non-ortho nitro benzene ring substituents is 1. The lowest BCUT2D eigenvalue weighted by atomic mass is 9.67. The van der Waals surface area contributed by atoms with E-state index in [0.717, 1.165) is 22.3 Å². The molecule has 2 heterocycles. The van der Waals surface area contributed by atoms with Crippen molar-refractivity contribution in [2.75, 3.05) is 26.2 Å². The number of carbonyl (C=O) groups excluding carboxylic acids is 3. The van der Waals surface area contributed by atoms with Crippen molar-refractivity contribution in [2.45, 2.75) is 11.5 Å². The molecule has 1 spiro atoms. The van der Waals surface area contributed by atoms with E-state index in [4.69, 9.17) is 14.2 Å². The third-order valence-corrected chi connectivity index (χ3v) is 9.25. The van der Waals surface area contributed by atoms with Crippen molar-refractivity contribution < 1.29 is 33.5 Å². The molecule has 0 aromatic heterocycles. The van der Waals surface area contributed by atoms with Gasteiger partial charge in [-0.1, -0.05) is 72.8 Å². The third-order valence-electron chi connectivity index (χ3n) is 9.25. The van der Waals surface area contributed by atoms with Gasteiger partial charge in [0.1, 0.15) is 5.70 Å². The molecule has 0 radical (unpaired) electrons. The number of para-hydroxylation sites is 1. The Morgan fingerprint density at radius 2 is 1.40 bits per heavy atom. The molecule has 10 nitrogen and oxygen atoms in total. The molecular weight excluding hydrogens is 612 g/mol. The maximum atomic E-state index is 14.1. The SMILES string of the molecule is COC(=O)C1=C(C(=O)OC)C2(c3ccccc3-c3c(C(=O)OC)cccc32)C2C=C(/C=C/c3ccc([N+](=O)[O-])cc3)c3ccccc3N12. The minimum atomic E-state index is -1.33. The van der Waals surface area contributed by atoms with Crippen LogP contribution in [0.3, 0.4) is 0 Å². The summed E-state index contributed by atoms with van der Waals surface area (Å²) in [7, 11) is 3.85. The topological polar surface area (TPSA) is 125 Å². The van der Waals surface area contributed by atoms with Crippen LogP contribution in [0.4, 0.5) is 11.4 Å². The van der Waals surface area contributed by atoms with Crippen LogP contribution in [-0.2, 0) is 29.2 Å². The Kier molecular flexibility index (Phi) is 7.28. The van der Waals surface area contributed by atoms with E-state index >= 15 is 0 Å². The molecule has 10 heteroatoms. The maximum Gasteiger partial charge on any atom is 0.355 e. The number of esters is 3. The molecule has 4 aromatic carbocycles. The average Bonchev–Trinajstić information content (AvgIpc) is 3.60. The fourth-order valence-electron chi connectivity index (χ4n) is 7.37. The number of allylic oxidation sites excluding steroid dienone is 2. The van der Waals surface area contributed by atoms with Gasteiger partial charge in [0.2, 0.25) is 0 Å². The van der Waals surface area contributed by atoms with E-state index in [1.54, 1.807) is 24.3 Å². The summed E-state index contributed by atoms with van der Waals surface area (Å²) in [5, 5.41) is 11.2. The van der Waals surface area contributed by atoms with Gasteiger partial charge in [-0.3, -0.25) is 10.1 Å². The number of rotatable bonds is 6. The minimum absolute atomic E-state index is 0.0143. The van der Waals surface area contributed by atoms with Gasteiger partial charge in [-0.05, 0) is 52.1 Å². The Morgan fingerprint density at radius 3 is 2.08 bits per heavy atom. The molecule has 1 aliphatic carbocycles. The van der Waals surface area contributed by atoms with E-state index in [1.165, 1.54) is 33.5 Å². The van der Waals surface area contributed by atoms with Crippen molar-refractivity contribution in [2.24, 2.45) is 0 Å². The smallest absolute Gasteiger partial charge is 0.355 e. The van der Waals surface area contributed by atoms with Gasteiger partial charge in [0, 0.05) is 28.9 Å². The number of hydrogen-bond acceptors (Lipinski definition) is 9. The van der Waals surface area contributed by atoms with Crippen LogP contribution in [0.25, 0.3) is 22.8 Å². The molecule has 0 saturated carbocycles. The van der Waals surface area contributed by atoms with Crippen molar-refractivity contribution in [3.05, 3.63) is 152 Å². The van der Waals surface area contributed by atoms with Crippen LogP contribution in [0.1, 0.15) is 32.6 Å². The number of nitro benzene ring substituents is 1. The van der Waals surface area contributed by atoms with Crippen LogP contribution in [-0.4, -0.2) is 50.2 Å². The summed E-state index contributed by atoms with van der Waals surface area (Å²) >= 11 is 0. The van der Waals surface area contributed by atoms with E-state index in [-0.39, 0.29) is 17.0 Å². The minimum Gasteiger partial charge on any atom is -0.466 e. The summed E-state index contributed by atoms with van der Waals surface area (Å²) in [5.41, 5.74) is 4.72. The first kappa shape index (κ1) is 30.4. The van der Waals surface area contributed by atoms with E-state index in [2.05, 4.69) is 0 Å². The Bertz CT molecular complexity index is 2150. The molecule has 0 saturated heterocycles. The average molecular weight is 641 g/mol. The first-order chi connectivity index (χ1) is 23.3. The monoisotopic (exact) mass is 640 g/mol. The molecule has 0 fully saturated rings. The number of benzene rings is 4. The number of nitrogens with zero attached hydrogens (tertiary/aromatic N) is 2. The van der Waals surface area contributed by atoms with E-state index in [9.17, 15) is 24.5 Å². The van der Waals surface area contributed by atoms with Gasteiger partial charge < -0.3 is 19.1 Å². The van der Waals surface area contributed by atoms with Gasteiger partial charge >= 0.3 is 17.9 Å². The Labute approximate surface area is 275 Å². The molecule has 4 aromatic rings. The molecule has 0 N–H and O–H groups in total. The van der Waals surface area contributed by atoms with E-state index in [0.29, 0.717) is 27.9 Å². The lowest BCUT2D eigenvalue weighted by Gasteiger charge is -2.41. The third kappa shape index (κ3) is 4.22. The van der Waals surface area contributed by atoms with Crippen molar-refractivity contribution in [3.8, 4) is 11.1 Å². The number of methoxy groups -OCH3 is 3. The molecule has 2 atom stereocenters. The van der Waals surface area contributed by atoms with Crippen LogP contribution >= 0.6 is 0 Å². The van der Waals surface area contributed by atoms with Crippen molar-refractivity contribution >= 4 is 40.9 Å². The normalized spacial score (nSPS) is 18.5. The standard InChI is InChI=1S/C38H28N2O8/c1-46-35(41)27-11-8-13-29-32(27)26-10-4-6-12-28(26)38(29)31-21-23(18-15-22-16-19-24(20-17-22)40(44)45)25-9-5-7-14-30(25)39(31)34(37(43)48-3)33(38)36(42)47-2/h4-21,31H,1-3H3/b18-15+. The summed E-state index contributed by atoms with van der Waals surface area (Å²) < 4.78 is 15.9. The Balaban J connectivity index is 1.56. The van der Waals surface area contributed by atoms with E-state index in [1.807, 2.05) is 77.7 Å². The molecule has 48 heavy (non-hydrogen) atoms. The summed E-state index contributed by atoms with van der Waals surface area (Å²) in [4.78, 5) is 53.8. The quantitative estimate of drug-likeness (QED) is 0.104. The molecule has 3 aliphatic rings. The highest BCUT2D eigenvalue weighted by atomic mass is 16.6. The summed E-state index contributed by atoms with van der Waals surface area (Å²) in [5.74, 6) is -1.98. The van der Waals surface area contributed by atoms with Crippen LogP contribution in [0.2, 0.25) is 0 Å². The predicted octanol–water partition coefficient (Wildman–Crippen LogP) is 6.25. The second kappa shape index (κ2) is 11.5. The number of fused-ring (bicyclic) bond motifs is 9. The van der Waals surface area contributed by atoms with Crippen LogP contribution in [0.15, 0.2) is 114 Å². The van der Waals surface area contributed by atoms with Gasteiger partial charge in [-0.2, -0.15) is 0 Å². The number of hydrogen-bond donors (Lipinski definition) is 0. The number of ether oxygens (including phenoxy) is 3. The second-order valence-corrected chi connectivity index (χ2v) is 11.4. The zero-order valence-corrected chi connectivity index (χ0v) is 26.1. The fraction of sp³-hybridized carbons (Fsp3) is 0.132. The Hall–Kier alpha value is -6.29. The molecule has 7 rings (SSSR count). The number of carbonyl (C=O) groups is 3. The molecular formula is C38H28N2O8. The zero-order valence-electron chi connectivity index (χ0n) is 26.1. The number of anilines is 1. The highest BCUT2D eigenvalue weighted by Gasteiger charge is 2.63. The van der Waals surface area contributed by atoms with Crippen molar-refractivity contribution in [1.82, 2.24) is 0 Å². The van der Waals surface area contributed by atoms with Crippen LogP contribution in [0.5, 0.6) is 0 Å². The largest absolute Gasteiger partial charge is 0.466 e. The fourth-order valence-corrected chi connectivity index (χ4v) is 7.37. The molecule has 0 bridgehead atoms. The van der Waals surface area contributed by atoms with Gasteiger partial charge in [0.25, 0.3) is 5.69 Å². The van der Waals surface area contributed by atoms with Gasteiger partial charge in [-0.25, -0.2) is 14.4 Å². The van der Waals surface area contributed by atoms with Gasteiger partial charge in [0.15, 0.2) is 0 Å². The van der Waals surface area contributed by atoms with E-state index < -0.39 is 34.3 Å². The summed E-state index contributed by atoms with van der Waals surface area (Å²) in [6.45, 7) is 0. The van der Waals surface area contributed by atoms with Crippen LogP contribution < -0.4 is 4.90 Å². The summed E-state index contributed by atoms with van der Waals surface area (Å²) in [6.07, 6.45) is 5.76. The first-order valence-electron chi connectivity index (χ1n) is 15.0.